The highest BCUT2D eigenvalue weighted by Crippen LogP contribution is 2.19. The second-order valence-electron chi connectivity index (χ2n) is 4.97. The van der Waals surface area contributed by atoms with Crippen molar-refractivity contribution in [3.05, 3.63) is 17.2 Å². The highest BCUT2D eigenvalue weighted by atomic mass is 15.1. The topological polar surface area (TPSA) is 41.9 Å². The van der Waals surface area contributed by atoms with Crippen LogP contribution >= 0.6 is 0 Å². The molecule has 0 radical (unpaired) electrons. The second kappa shape index (κ2) is 4.18. The van der Waals surface area contributed by atoms with Gasteiger partial charge >= 0.3 is 0 Å². The molecule has 0 spiro atoms. The quantitative estimate of drug-likeness (QED) is 0.749. The van der Waals surface area contributed by atoms with Crippen LogP contribution in [0, 0.1) is 5.92 Å². The highest BCUT2D eigenvalue weighted by Gasteiger charge is 2.21. The van der Waals surface area contributed by atoms with E-state index >= 15 is 0 Å². The monoisotopic (exact) mass is 220 g/mol. The predicted octanol–water partition coefficient (Wildman–Crippen LogP) is 0.218. The molecule has 1 fully saturated rings. The van der Waals surface area contributed by atoms with Gasteiger partial charge in [0.1, 0.15) is 5.82 Å². The molecule has 0 aliphatic carbocycles. The minimum atomic E-state index is 0.788. The maximum atomic E-state index is 4.79. The summed E-state index contributed by atoms with van der Waals surface area (Å²) in [5, 5.41) is 6.81. The molecule has 2 aliphatic rings. The Balaban J connectivity index is 1.81. The Labute approximate surface area is 96.4 Å². The van der Waals surface area contributed by atoms with Crippen LogP contribution in [0.15, 0.2) is 0 Å². The fourth-order valence-electron chi connectivity index (χ4n) is 2.84. The molecule has 0 saturated carbocycles. The van der Waals surface area contributed by atoms with Crippen molar-refractivity contribution in [3.63, 3.8) is 0 Å². The summed E-state index contributed by atoms with van der Waals surface area (Å²) in [5.41, 5.74) is 2.72. The molecule has 1 aromatic heterocycles. The number of hydrogen-bond acceptors (Lipinski definition) is 3. The average Bonchev–Trinajstić information content (AvgIpc) is 2.90. The van der Waals surface area contributed by atoms with Gasteiger partial charge in [0.05, 0.1) is 5.69 Å². The molecule has 0 bridgehead atoms. The van der Waals surface area contributed by atoms with E-state index in [1.807, 2.05) is 0 Å². The molecule has 3 heterocycles. The lowest BCUT2D eigenvalue weighted by atomic mass is 10.0. The van der Waals surface area contributed by atoms with Gasteiger partial charge in [-0.25, -0.2) is 4.98 Å². The van der Waals surface area contributed by atoms with E-state index in [0.717, 1.165) is 38.4 Å². The van der Waals surface area contributed by atoms with Crippen molar-refractivity contribution in [3.8, 4) is 0 Å². The molecule has 0 amide bonds. The zero-order valence-corrected chi connectivity index (χ0v) is 9.92. The Kier molecular flexibility index (Phi) is 2.69. The Morgan fingerprint density at radius 2 is 2.31 bits per heavy atom. The summed E-state index contributed by atoms with van der Waals surface area (Å²) in [6.45, 7) is 4.38. The third-order valence-electron chi connectivity index (χ3n) is 3.85. The first-order chi connectivity index (χ1) is 7.84. The van der Waals surface area contributed by atoms with Crippen molar-refractivity contribution < 1.29 is 0 Å². The number of imidazole rings is 1. The van der Waals surface area contributed by atoms with Crippen LogP contribution in [0.3, 0.4) is 0 Å². The van der Waals surface area contributed by atoms with Gasteiger partial charge in [0.25, 0.3) is 0 Å². The van der Waals surface area contributed by atoms with Crippen LogP contribution in [0.2, 0.25) is 0 Å². The lowest BCUT2D eigenvalue weighted by Gasteiger charge is -2.13. The van der Waals surface area contributed by atoms with Gasteiger partial charge in [-0.1, -0.05) is 0 Å². The van der Waals surface area contributed by atoms with Gasteiger partial charge in [-0.3, -0.25) is 0 Å². The van der Waals surface area contributed by atoms with E-state index in [1.54, 1.807) is 0 Å². The number of fused-ring (bicyclic) bond motifs is 1. The maximum Gasteiger partial charge on any atom is 0.109 e. The highest BCUT2D eigenvalue weighted by molar-refractivity contribution is 5.20. The second-order valence-corrected chi connectivity index (χ2v) is 4.97. The summed E-state index contributed by atoms with van der Waals surface area (Å²) < 4.78 is 2.33. The van der Waals surface area contributed by atoms with Crippen LogP contribution < -0.4 is 10.6 Å². The first-order valence-corrected chi connectivity index (χ1v) is 6.29. The summed E-state index contributed by atoms with van der Waals surface area (Å²) in [7, 11) is 2.18. The molecule has 2 aliphatic heterocycles. The molecule has 2 N–H and O–H groups in total. The van der Waals surface area contributed by atoms with Crippen molar-refractivity contribution in [2.24, 2.45) is 13.0 Å². The number of hydrogen-bond donors (Lipinski definition) is 2. The van der Waals surface area contributed by atoms with Crippen molar-refractivity contribution in [1.29, 1.82) is 0 Å². The van der Waals surface area contributed by atoms with Crippen molar-refractivity contribution >= 4 is 0 Å². The minimum absolute atomic E-state index is 0.788. The van der Waals surface area contributed by atoms with Gasteiger partial charge < -0.3 is 15.2 Å². The minimum Gasteiger partial charge on any atom is -0.335 e. The molecular formula is C12H20N4. The molecule has 0 aromatic carbocycles. The van der Waals surface area contributed by atoms with E-state index in [1.165, 1.54) is 30.2 Å². The molecular weight excluding hydrogens is 200 g/mol. The Hall–Kier alpha value is -0.870. The molecule has 16 heavy (non-hydrogen) atoms. The van der Waals surface area contributed by atoms with Crippen molar-refractivity contribution in [2.75, 3.05) is 19.6 Å². The fraction of sp³-hybridized carbons (Fsp3) is 0.750. The normalized spacial score (nSPS) is 24.7. The number of nitrogens with one attached hydrogen (secondary N) is 2. The third kappa shape index (κ3) is 1.76. The number of aromatic nitrogens is 2. The Bertz CT molecular complexity index is 377. The molecule has 3 rings (SSSR count). The summed E-state index contributed by atoms with van der Waals surface area (Å²) in [6.07, 6.45) is 3.56. The van der Waals surface area contributed by atoms with Gasteiger partial charge in [0, 0.05) is 38.7 Å². The lowest BCUT2D eigenvalue weighted by molar-refractivity contribution is 0.546. The zero-order valence-electron chi connectivity index (χ0n) is 9.92. The van der Waals surface area contributed by atoms with Crippen molar-refractivity contribution in [1.82, 2.24) is 20.2 Å². The average molecular weight is 220 g/mol. The third-order valence-corrected chi connectivity index (χ3v) is 3.85. The lowest BCUT2D eigenvalue weighted by Crippen LogP contribution is -2.24. The smallest absolute Gasteiger partial charge is 0.109 e. The van der Waals surface area contributed by atoms with Crippen molar-refractivity contribution in [2.45, 2.75) is 25.8 Å². The summed E-state index contributed by atoms with van der Waals surface area (Å²) in [5.74, 6) is 2.07. The number of nitrogens with zero attached hydrogens (tertiary/aromatic N) is 2. The molecule has 1 unspecified atom stereocenters. The van der Waals surface area contributed by atoms with E-state index in [-0.39, 0.29) is 0 Å². The van der Waals surface area contributed by atoms with Gasteiger partial charge in [-0.05, 0) is 25.4 Å². The van der Waals surface area contributed by atoms with E-state index in [4.69, 9.17) is 4.98 Å². The van der Waals surface area contributed by atoms with Gasteiger partial charge in [-0.15, -0.1) is 0 Å². The number of rotatable bonds is 2. The summed E-state index contributed by atoms with van der Waals surface area (Å²) in [6, 6.07) is 0. The van der Waals surface area contributed by atoms with Crippen LogP contribution in [-0.2, 0) is 26.4 Å². The van der Waals surface area contributed by atoms with E-state index in [2.05, 4.69) is 22.2 Å². The largest absolute Gasteiger partial charge is 0.335 e. The maximum absolute atomic E-state index is 4.79. The van der Waals surface area contributed by atoms with Crippen LogP contribution in [-0.4, -0.2) is 29.2 Å². The zero-order chi connectivity index (χ0) is 11.0. The first kappa shape index (κ1) is 10.3. The van der Waals surface area contributed by atoms with Crippen LogP contribution in [0.1, 0.15) is 23.6 Å². The van der Waals surface area contributed by atoms with Gasteiger partial charge in [-0.2, -0.15) is 0 Å². The SMILES string of the molecule is Cn1c(CC2CCNC2)nc2c1CCNC2. The molecule has 88 valence electrons. The van der Waals surface area contributed by atoms with E-state index < -0.39 is 0 Å². The molecule has 1 atom stereocenters. The van der Waals surface area contributed by atoms with E-state index in [0.29, 0.717) is 0 Å². The van der Waals surface area contributed by atoms with Gasteiger partial charge in [0.2, 0.25) is 0 Å². The predicted molar refractivity (Wildman–Crippen MR) is 63.3 cm³/mol. The summed E-state index contributed by atoms with van der Waals surface area (Å²) in [4.78, 5) is 4.79. The van der Waals surface area contributed by atoms with Gasteiger partial charge in [0.15, 0.2) is 0 Å². The molecule has 1 aromatic rings. The Morgan fingerprint density at radius 1 is 1.38 bits per heavy atom. The fourth-order valence-corrected chi connectivity index (χ4v) is 2.84. The Morgan fingerprint density at radius 3 is 3.06 bits per heavy atom. The molecule has 1 saturated heterocycles. The van der Waals surface area contributed by atoms with Crippen LogP contribution in [0.5, 0.6) is 0 Å². The first-order valence-electron chi connectivity index (χ1n) is 6.29. The molecule has 4 heteroatoms. The van der Waals surface area contributed by atoms with E-state index in [9.17, 15) is 0 Å². The van der Waals surface area contributed by atoms with Crippen LogP contribution in [0.4, 0.5) is 0 Å². The van der Waals surface area contributed by atoms with Crippen LogP contribution in [0.25, 0.3) is 0 Å². The molecule has 4 nitrogen and oxygen atoms in total. The summed E-state index contributed by atoms with van der Waals surface area (Å²) >= 11 is 0. The standard InChI is InChI=1S/C12H20N4/c1-16-11-3-5-14-8-10(11)15-12(16)6-9-2-4-13-7-9/h9,13-14H,2-8H2,1H3.